The Balaban J connectivity index is 2.12. The highest BCUT2D eigenvalue weighted by Crippen LogP contribution is 2.09. The minimum Gasteiger partial charge on any atom is -0.472 e. The van der Waals surface area contributed by atoms with E-state index in [1.165, 1.54) is 0 Å². The Hall–Kier alpha value is -2.57. The first kappa shape index (κ1) is 12.9. The van der Waals surface area contributed by atoms with Crippen LogP contribution in [0.1, 0.15) is 17.0 Å². The summed E-state index contributed by atoms with van der Waals surface area (Å²) in [7, 11) is 0. The Morgan fingerprint density at radius 2 is 1.95 bits per heavy atom. The maximum atomic E-state index is 5.59. The number of nitrogen functional groups attached to an aromatic ring is 1. The van der Waals surface area contributed by atoms with E-state index in [4.69, 9.17) is 16.4 Å². The lowest BCUT2D eigenvalue weighted by Crippen LogP contribution is -2.31. The van der Waals surface area contributed by atoms with Gasteiger partial charge in [0.15, 0.2) is 5.49 Å². The number of aryl methyl sites for hydroxylation is 2. The van der Waals surface area contributed by atoms with Gasteiger partial charge in [-0.05, 0) is 37.6 Å². The van der Waals surface area contributed by atoms with Crippen LogP contribution in [0.5, 0.6) is 5.88 Å². The molecule has 2 aromatic rings. The zero-order valence-corrected chi connectivity index (χ0v) is 10.9. The molecule has 0 amide bonds. The van der Waals surface area contributed by atoms with Gasteiger partial charge in [-0.15, -0.1) is 5.10 Å². The van der Waals surface area contributed by atoms with E-state index in [1.54, 1.807) is 12.1 Å². The van der Waals surface area contributed by atoms with Gasteiger partial charge in [0.05, 0.1) is 0 Å². The van der Waals surface area contributed by atoms with Gasteiger partial charge in [0, 0.05) is 17.5 Å². The van der Waals surface area contributed by atoms with E-state index in [9.17, 15) is 0 Å². The van der Waals surface area contributed by atoms with Gasteiger partial charge in [-0.1, -0.05) is 0 Å². The SMILES string of the molecule is Cc1cc(COc2cc/c(=N/N)n(N)n2)cc(C)n1. The number of nitrogens with zero attached hydrogens (tertiary/aromatic N) is 4. The molecule has 2 heterocycles. The van der Waals surface area contributed by atoms with Gasteiger partial charge in [0.25, 0.3) is 0 Å². The second-order valence-electron chi connectivity index (χ2n) is 4.15. The Bertz CT molecular complexity index is 629. The largest absolute Gasteiger partial charge is 0.472 e. The van der Waals surface area contributed by atoms with Gasteiger partial charge in [-0.3, -0.25) is 4.98 Å². The van der Waals surface area contributed by atoms with Crippen LogP contribution in [0.3, 0.4) is 0 Å². The number of nitrogens with two attached hydrogens (primary N) is 2. The summed E-state index contributed by atoms with van der Waals surface area (Å²) in [4.78, 5) is 5.37. The van der Waals surface area contributed by atoms with E-state index in [0.29, 0.717) is 18.0 Å². The number of hydrogen-bond donors (Lipinski definition) is 2. The number of aromatic nitrogens is 3. The Morgan fingerprint density at radius 3 is 2.53 bits per heavy atom. The minimum absolute atomic E-state index is 0.364. The molecule has 0 aliphatic carbocycles. The van der Waals surface area contributed by atoms with Gasteiger partial charge >= 0.3 is 0 Å². The number of ether oxygens (including phenoxy) is 1. The molecule has 0 radical (unpaired) electrons. The third-order valence-corrected chi connectivity index (χ3v) is 2.48. The second kappa shape index (κ2) is 5.38. The first-order valence-electron chi connectivity index (χ1n) is 5.75. The number of hydrogen-bond acceptors (Lipinski definition) is 6. The molecule has 0 atom stereocenters. The van der Waals surface area contributed by atoms with Crippen molar-refractivity contribution >= 4 is 0 Å². The zero-order valence-electron chi connectivity index (χ0n) is 10.9. The summed E-state index contributed by atoms with van der Waals surface area (Å²) in [5.41, 5.74) is 3.31. The Kier molecular flexibility index (Phi) is 3.65. The standard InChI is InChI=1S/C12H16N6O/c1-8-5-10(6-9(2)15-8)7-19-12-4-3-11(16-13)18(14)17-12/h3-6H,7,13-14H2,1-2H3/b16-11-. The third kappa shape index (κ3) is 3.21. The third-order valence-electron chi connectivity index (χ3n) is 2.48. The van der Waals surface area contributed by atoms with Crippen molar-refractivity contribution in [3.8, 4) is 5.88 Å². The van der Waals surface area contributed by atoms with Crippen molar-refractivity contribution in [1.82, 2.24) is 14.9 Å². The first-order valence-corrected chi connectivity index (χ1v) is 5.75. The smallest absolute Gasteiger partial charge is 0.233 e. The summed E-state index contributed by atoms with van der Waals surface area (Å²) in [6, 6.07) is 7.22. The van der Waals surface area contributed by atoms with Gasteiger partial charge < -0.3 is 16.4 Å². The summed E-state index contributed by atoms with van der Waals surface area (Å²) < 4.78 is 5.56. The van der Waals surface area contributed by atoms with Gasteiger partial charge in [0.2, 0.25) is 5.88 Å². The highest BCUT2D eigenvalue weighted by atomic mass is 16.5. The normalized spacial score (nSPS) is 11.6. The predicted molar refractivity (Wildman–Crippen MR) is 70.2 cm³/mol. The van der Waals surface area contributed by atoms with Crippen molar-refractivity contribution in [2.45, 2.75) is 20.5 Å². The van der Waals surface area contributed by atoms with Crippen LogP contribution in [0.15, 0.2) is 29.4 Å². The summed E-state index contributed by atoms with van der Waals surface area (Å²) >= 11 is 0. The molecule has 0 saturated heterocycles. The molecule has 0 aromatic carbocycles. The molecule has 4 N–H and O–H groups in total. The number of pyridine rings is 1. The van der Waals surface area contributed by atoms with Gasteiger partial charge in [0.1, 0.15) is 6.61 Å². The van der Waals surface area contributed by atoms with E-state index < -0.39 is 0 Å². The molecular formula is C12H16N6O. The van der Waals surface area contributed by atoms with Crippen LogP contribution in [-0.2, 0) is 6.61 Å². The Morgan fingerprint density at radius 1 is 1.26 bits per heavy atom. The van der Waals surface area contributed by atoms with Crippen LogP contribution in [0.25, 0.3) is 0 Å². The van der Waals surface area contributed by atoms with Crippen LogP contribution < -0.4 is 21.9 Å². The average molecular weight is 260 g/mol. The molecule has 19 heavy (non-hydrogen) atoms. The summed E-state index contributed by atoms with van der Waals surface area (Å²) in [6.45, 7) is 4.29. The quantitative estimate of drug-likeness (QED) is 0.595. The van der Waals surface area contributed by atoms with E-state index >= 15 is 0 Å². The maximum Gasteiger partial charge on any atom is 0.233 e. The van der Waals surface area contributed by atoms with Crippen molar-refractivity contribution < 1.29 is 4.74 Å². The molecule has 0 aliphatic heterocycles. The maximum absolute atomic E-state index is 5.59. The lowest BCUT2D eigenvalue weighted by atomic mass is 10.2. The van der Waals surface area contributed by atoms with Crippen LogP contribution in [0.4, 0.5) is 0 Å². The van der Waals surface area contributed by atoms with Crippen molar-refractivity contribution in [3.05, 3.63) is 46.7 Å². The minimum atomic E-state index is 0.364. The van der Waals surface area contributed by atoms with Crippen LogP contribution in [-0.4, -0.2) is 14.9 Å². The molecule has 0 spiro atoms. The number of rotatable bonds is 3. The molecule has 100 valence electrons. The fraction of sp³-hybridized carbons (Fsp3) is 0.250. The topological polar surface area (TPSA) is 104 Å². The molecule has 2 rings (SSSR count). The molecule has 7 heteroatoms. The molecule has 0 fully saturated rings. The van der Waals surface area contributed by atoms with Crippen molar-refractivity contribution in [2.24, 2.45) is 10.9 Å². The second-order valence-corrected chi connectivity index (χ2v) is 4.15. The summed E-state index contributed by atoms with van der Waals surface area (Å²) in [5, 5.41) is 7.45. The highest BCUT2D eigenvalue weighted by Gasteiger charge is 2.01. The molecule has 0 aliphatic rings. The lowest BCUT2D eigenvalue weighted by molar-refractivity contribution is 0.285. The first-order chi connectivity index (χ1) is 9.08. The fourth-order valence-electron chi connectivity index (χ4n) is 1.75. The molecular weight excluding hydrogens is 244 g/mol. The summed E-state index contributed by atoms with van der Waals surface area (Å²) in [6.07, 6.45) is 0. The molecule has 2 aromatic heterocycles. The van der Waals surface area contributed by atoms with Crippen LogP contribution in [0, 0.1) is 13.8 Å². The van der Waals surface area contributed by atoms with E-state index in [1.807, 2.05) is 26.0 Å². The fourth-order valence-corrected chi connectivity index (χ4v) is 1.75. The molecule has 0 unspecified atom stereocenters. The van der Waals surface area contributed by atoms with Crippen molar-refractivity contribution in [3.63, 3.8) is 0 Å². The van der Waals surface area contributed by atoms with E-state index in [2.05, 4.69) is 15.2 Å². The molecule has 0 bridgehead atoms. The van der Waals surface area contributed by atoms with Crippen LogP contribution >= 0.6 is 0 Å². The van der Waals surface area contributed by atoms with Crippen molar-refractivity contribution in [1.29, 1.82) is 0 Å². The van der Waals surface area contributed by atoms with Crippen LogP contribution in [0.2, 0.25) is 0 Å². The molecule has 7 nitrogen and oxygen atoms in total. The average Bonchev–Trinajstić information content (AvgIpc) is 2.35. The van der Waals surface area contributed by atoms with Gasteiger partial charge in [-0.25, -0.2) is 0 Å². The highest BCUT2D eigenvalue weighted by molar-refractivity contribution is 5.20. The van der Waals surface area contributed by atoms with E-state index in [0.717, 1.165) is 21.7 Å². The Labute approximate surface area is 110 Å². The lowest BCUT2D eigenvalue weighted by Gasteiger charge is -2.07. The predicted octanol–water partition coefficient (Wildman–Crippen LogP) is -0.0379. The monoisotopic (exact) mass is 260 g/mol. The van der Waals surface area contributed by atoms with Gasteiger partial charge in [-0.2, -0.15) is 9.89 Å². The van der Waals surface area contributed by atoms with E-state index in [-0.39, 0.29) is 0 Å². The zero-order chi connectivity index (χ0) is 13.8. The molecule has 0 saturated carbocycles. The van der Waals surface area contributed by atoms with Crippen molar-refractivity contribution in [2.75, 3.05) is 5.84 Å². The summed E-state index contributed by atoms with van der Waals surface area (Å²) in [5.74, 6) is 11.1.